The van der Waals surface area contributed by atoms with Gasteiger partial charge >= 0.3 is 0 Å². The summed E-state index contributed by atoms with van der Waals surface area (Å²) in [5, 5.41) is 8.68. The molecule has 29 heavy (non-hydrogen) atoms. The van der Waals surface area contributed by atoms with Crippen LogP contribution in [-0.2, 0) is 6.54 Å². The molecule has 1 aliphatic heterocycles. The van der Waals surface area contributed by atoms with Gasteiger partial charge in [-0.25, -0.2) is 0 Å². The number of amides is 1. The van der Waals surface area contributed by atoms with Gasteiger partial charge in [0.05, 0.1) is 14.2 Å². The van der Waals surface area contributed by atoms with Gasteiger partial charge in [-0.3, -0.25) is 4.79 Å². The van der Waals surface area contributed by atoms with E-state index in [2.05, 4.69) is 28.6 Å². The Labute approximate surface area is 172 Å². The van der Waals surface area contributed by atoms with E-state index in [-0.39, 0.29) is 17.2 Å². The molecule has 2 aromatic rings. The van der Waals surface area contributed by atoms with E-state index in [1.54, 1.807) is 32.4 Å². The van der Waals surface area contributed by atoms with Crippen LogP contribution in [0.3, 0.4) is 0 Å². The van der Waals surface area contributed by atoms with Gasteiger partial charge in [0, 0.05) is 37.2 Å². The molecule has 1 aromatic heterocycles. The first-order chi connectivity index (χ1) is 14.0. The molecule has 2 fully saturated rings. The van der Waals surface area contributed by atoms with Gasteiger partial charge in [-0.1, -0.05) is 20.3 Å². The Bertz CT molecular complexity index is 866. The molecule has 1 atom stereocenters. The number of aromatic nitrogens is 3. The van der Waals surface area contributed by atoms with Crippen LogP contribution in [0.4, 0.5) is 0 Å². The number of hydrogen-bond acceptors (Lipinski definition) is 5. The minimum absolute atomic E-state index is 0.0194. The van der Waals surface area contributed by atoms with Gasteiger partial charge in [-0.05, 0) is 36.3 Å². The second kappa shape index (κ2) is 7.69. The maximum absolute atomic E-state index is 13.4. The Kier molecular flexibility index (Phi) is 5.23. The predicted octanol–water partition coefficient (Wildman–Crippen LogP) is 3.36. The van der Waals surface area contributed by atoms with Crippen molar-refractivity contribution in [1.29, 1.82) is 0 Å². The summed E-state index contributed by atoms with van der Waals surface area (Å²) in [5.74, 6) is 3.04. The van der Waals surface area contributed by atoms with Crippen LogP contribution in [0.5, 0.6) is 11.5 Å². The lowest BCUT2D eigenvalue weighted by Gasteiger charge is -2.42. The van der Waals surface area contributed by atoms with E-state index in [0.717, 1.165) is 31.8 Å². The zero-order valence-corrected chi connectivity index (χ0v) is 17.7. The van der Waals surface area contributed by atoms with Crippen molar-refractivity contribution in [1.82, 2.24) is 19.7 Å². The fourth-order valence-corrected chi connectivity index (χ4v) is 4.80. The molecule has 156 valence electrons. The molecule has 2 heterocycles. The molecule has 1 aromatic carbocycles. The maximum atomic E-state index is 13.4. The minimum atomic E-state index is 0.0194. The Morgan fingerprint density at radius 2 is 1.90 bits per heavy atom. The first-order valence-corrected chi connectivity index (χ1v) is 10.4. The van der Waals surface area contributed by atoms with Crippen LogP contribution in [0.1, 0.15) is 55.2 Å². The normalized spacial score (nSPS) is 20.2. The zero-order valence-electron chi connectivity index (χ0n) is 17.7. The van der Waals surface area contributed by atoms with E-state index in [0.29, 0.717) is 29.5 Å². The predicted molar refractivity (Wildman–Crippen MR) is 109 cm³/mol. The molecule has 1 saturated carbocycles. The van der Waals surface area contributed by atoms with E-state index in [9.17, 15) is 4.79 Å². The zero-order chi connectivity index (χ0) is 20.6. The topological polar surface area (TPSA) is 69.5 Å². The van der Waals surface area contributed by atoms with E-state index >= 15 is 0 Å². The third-order valence-corrected chi connectivity index (χ3v) is 6.40. The first-order valence-electron chi connectivity index (χ1n) is 10.4. The largest absolute Gasteiger partial charge is 0.497 e. The molecule has 1 amide bonds. The average Bonchev–Trinajstić information content (AvgIpc) is 3.30. The maximum Gasteiger partial charge on any atom is 0.254 e. The van der Waals surface area contributed by atoms with Crippen molar-refractivity contribution in [2.75, 3.05) is 27.3 Å². The fourth-order valence-electron chi connectivity index (χ4n) is 4.80. The minimum Gasteiger partial charge on any atom is -0.497 e. The van der Waals surface area contributed by atoms with E-state index < -0.39 is 0 Å². The van der Waals surface area contributed by atoms with Gasteiger partial charge in [-0.15, -0.1) is 10.2 Å². The van der Waals surface area contributed by atoms with Gasteiger partial charge in [-0.2, -0.15) is 0 Å². The molecule has 1 unspecified atom stereocenters. The Hall–Kier alpha value is -2.57. The van der Waals surface area contributed by atoms with Gasteiger partial charge in [0.1, 0.15) is 23.7 Å². The Morgan fingerprint density at radius 3 is 2.45 bits per heavy atom. The summed E-state index contributed by atoms with van der Waals surface area (Å²) in [6, 6.07) is 5.35. The number of carbonyl (C=O) groups is 1. The molecule has 2 aliphatic rings. The third-order valence-electron chi connectivity index (χ3n) is 6.40. The van der Waals surface area contributed by atoms with Gasteiger partial charge in [0.2, 0.25) is 0 Å². The Balaban J connectivity index is 1.61. The molecular formula is C22H30N4O3. The number of benzene rings is 1. The average molecular weight is 399 g/mol. The number of nitrogens with zero attached hydrogens (tertiary/aromatic N) is 4. The van der Waals surface area contributed by atoms with Crippen LogP contribution < -0.4 is 9.47 Å². The quantitative estimate of drug-likeness (QED) is 0.746. The summed E-state index contributed by atoms with van der Waals surface area (Å²) in [4.78, 5) is 15.3. The van der Waals surface area contributed by atoms with Crippen LogP contribution >= 0.6 is 0 Å². The molecule has 0 radical (unpaired) electrons. The van der Waals surface area contributed by atoms with Crippen molar-refractivity contribution in [3.05, 3.63) is 35.9 Å². The summed E-state index contributed by atoms with van der Waals surface area (Å²) in [6.45, 7) is 6.74. The summed E-state index contributed by atoms with van der Waals surface area (Å²) in [6.07, 6.45) is 5.32. The summed E-state index contributed by atoms with van der Waals surface area (Å²) < 4.78 is 12.9. The number of methoxy groups -OCH3 is 2. The standard InChI is InChI=1S/C22H30N4O3/c1-15(2)11-26-14-23-24-20(26)19-12-25(13-22(19)6-5-7-22)21(27)16-8-17(28-3)10-18(9-16)29-4/h8-10,14-15,19H,5-7,11-13H2,1-4H3. The number of hydrogen-bond donors (Lipinski definition) is 0. The second-order valence-corrected chi connectivity index (χ2v) is 8.79. The highest BCUT2D eigenvalue weighted by atomic mass is 16.5. The molecule has 4 rings (SSSR count). The number of rotatable bonds is 6. The molecule has 1 aliphatic carbocycles. The fraction of sp³-hybridized carbons (Fsp3) is 0.591. The van der Waals surface area contributed by atoms with E-state index in [1.807, 2.05) is 11.2 Å². The Morgan fingerprint density at radius 1 is 1.21 bits per heavy atom. The highest BCUT2D eigenvalue weighted by Crippen LogP contribution is 2.55. The van der Waals surface area contributed by atoms with E-state index in [4.69, 9.17) is 9.47 Å². The van der Waals surface area contributed by atoms with Crippen molar-refractivity contribution in [3.63, 3.8) is 0 Å². The molecular weight excluding hydrogens is 368 g/mol. The number of likely N-dealkylation sites (tertiary alicyclic amines) is 1. The molecule has 1 spiro atoms. The molecule has 7 heteroatoms. The molecule has 0 bridgehead atoms. The second-order valence-electron chi connectivity index (χ2n) is 8.79. The van der Waals surface area contributed by atoms with Gasteiger partial charge < -0.3 is 18.9 Å². The SMILES string of the molecule is COc1cc(OC)cc(C(=O)N2CC(c3nncn3CC(C)C)C3(CCC3)C2)c1. The highest BCUT2D eigenvalue weighted by molar-refractivity contribution is 5.95. The number of ether oxygens (including phenoxy) is 2. The lowest BCUT2D eigenvalue weighted by molar-refractivity contribution is 0.0722. The smallest absolute Gasteiger partial charge is 0.254 e. The van der Waals surface area contributed by atoms with Gasteiger partial charge in [0.15, 0.2) is 0 Å². The van der Waals surface area contributed by atoms with Crippen molar-refractivity contribution >= 4 is 5.91 Å². The van der Waals surface area contributed by atoms with Gasteiger partial charge in [0.25, 0.3) is 5.91 Å². The molecule has 7 nitrogen and oxygen atoms in total. The van der Waals surface area contributed by atoms with Crippen molar-refractivity contribution in [2.45, 2.75) is 45.6 Å². The number of carbonyl (C=O) groups excluding carboxylic acids is 1. The summed E-state index contributed by atoms with van der Waals surface area (Å²) >= 11 is 0. The molecule has 1 saturated heterocycles. The van der Waals surface area contributed by atoms with Crippen molar-refractivity contribution in [2.24, 2.45) is 11.3 Å². The van der Waals surface area contributed by atoms with Crippen molar-refractivity contribution in [3.8, 4) is 11.5 Å². The lowest BCUT2D eigenvalue weighted by Crippen LogP contribution is -2.38. The molecule has 0 N–H and O–H groups in total. The van der Waals surface area contributed by atoms with Crippen LogP contribution in [0.15, 0.2) is 24.5 Å². The third kappa shape index (κ3) is 3.58. The van der Waals surface area contributed by atoms with Crippen LogP contribution in [0, 0.1) is 11.3 Å². The summed E-state index contributed by atoms with van der Waals surface area (Å²) in [5.41, 5.74) is 0.723. The van der Waals surface area contributed by atoms with Crippen molar-refractivity contribution < 1.29 is 14.3 Å². The van der Waals surface area contributed by atoms with Crippen LogP contribution in [-0.4, -0.2) is 52.9 Å². The van der Waals surface area contributed by atoms with Crippen LogP contribution in [0.2, 0.25) is 0 Å². The summed E-state index contributed by atoms with van der Waals surface area (Å²) in [7, 11) is 3.19. The highest BCUT2D eigenvalue weighted by Gasteiger charge is 2.53. The van der Waals surface area contributed by atoms with E-state index in [1.165, 1.54) is 6.42 Å². The first kappa shape index (κ1) is 19.7. The van der Waals surface area contributed by atoms with Crippen LogP contribution in [0.25, 0.3) is 0 Å². The lowest BCUT2D eigenvalue weighted by atomic mass is 9.62. The monoisotopic (exact) mass is 398 g/mol.